The highest BCUT2D eigenvalue weighted by molar-refractivity contribution is 7.80. The number of esters is 2. The molecule has 0 spiro atoms. The van der Waals surface area contributed by atoms with Crippen molar-refractivity contribution in [2.24, 2.45) is 17.8 Å². The largest absolute Gasteiger partial charge is 0.466 e. The topological polar surface area (TPSA) is 61.8 Å². The molecule has 0 saturated carbocycles. The summed E-state index contributed by atoms with van der Waals surface area (Å²) in [6, 6.07) is 59.5. The third-order valence-electron chi connectivity index (χ3n) is 10.5. The van der Waals surface area contributed by atoms with Gasteiger partial charge in [-0.2, -0.15) is 0 Å². The number of hydrogen-bond donors (Lipinski definition) is 0. The lowest BCUT2D eigenvalue weighted by atomic mass is 9.79. The zero-order chi connectivity index (χ0) is 40.0. The Morgan fingerprint density at radius 2 is 1.02 bits per heavy atom. The molecule has 5 nitrogen and oxygen atoms in total. The first-order valence-electron chi connectivity index (χ1n) is 20.0. The van der Waals surface area contributed by atoms with E-state index in [0.29, 0.717) is 25.0 Å². The molecule has 0 saturated heterocycles. The molecule has 6 aromatic carbocycles. The van der Waals surface area contributed by atoms with Crippen LogP contribution in [0.4, 0.5) is 0 Å². The Labute approximate surface area is 339 Å². The lowest BCUT2D eigenvalue weighted by Gasteiger charge is -2.38. The van der Waals surface area contributed by atoms with Gasteiger partial charge in [-0.15, -0.1) is 0 Å². The highest BCUT2D eigenvalue weighted by Gasteiger charge is 2.40. The number of carbonyl (C=O) groups is 2. The molecule has 292 valence electrons. The van der Waals surface area contributed by atoms with E-state index in [-0.39, 0.29) is 36.3 Å². The maximum absolute atomic E-state index is 14.7. The lowest BCUT2D eigenvalue weighted by molar-refractivity contribution is -0.144. The Balaban J connectivity index is 1.37. The van der Waals surface area contributed by atoms with E-state index < -0.39 is 19.6 Å². The van der Waals surface area contributed by atoms with Gasteiger partial charge in [0.15, 0.2) is 0 Å². The van der Waals surface area contributed by atoms with Gasteiger partial charge < -0.3 is 14.2 Å². The second kappa shape index (κ2) is 20.2. The fourth-order valence-corrected chi connectivity index (χ4v) is 10.3. The summed E-state index contributed by atoms with van der Waals surface area (Å²) in [5.74, 6) is -0.905. The molecule has 6 heteroatoms. The third kappa shape index (κ3) is 10.2. The van der Waals surface area contributed by atoms with Gasteiger partial charge in [0.2, 0.25) is 0 Å². The van der Waals surface area contributed by atoms with E-state index in [4.69, 9.17) is 14.2 Å². The number of benzene rings is 6. The maximum Gasteiger partial charge on any atom is 0.339 e. The van der Waals surface area contributed by atoms with E-state index in [0.717, 1.165) is 32.6 Å². The first-order valence-corrected chi connectivity index (χ1v) is 21.3. The number of hydrogen-bond acceptors (Lipinski definition) is 5. The minimum absolute atomic E-state index is 0.0155. The Hall–Kier alpha value is -5.35. The molecule has 0 amide bonds. The summed E-state index contributed by atoms with van der Waals surface area (Å²) in [4.78, 5) is 27.3. The fraction of sp³-hybridized carbons (Fsp3) is 0.255. The molecule has 6 aromatic rings. The van der Waals surface area contributed by atoms with Crippen molar-refractivity contribution in [3.05, 3.63) is 198 Å². The Bertz CT molecular complexity index is 1990. The molecular formula is C51H53O5P. The number of carbonyl (C=O) groups excluding carboxylic acids is 2. The van der Waals surface area contributed by atoms with Crippen molar-refractivity contribution in [3.63, 3.8) is 0 Å². The highest BCUT2D eigenvalue weighted by Crippen LogP contribution is 2.42. The van der Waals surface area contributed by atoms with Crippen molar-refractivity contribution in [1.29, 1.82) is 0 Å². The summed E-state index contributed by atoms with van der Waals surface area (Å²) in [6.07, 6.45) is 0.421. The zero-order valence-electron chi connectivity index (χ0n) is 33.4. The van der Waals surface area contributed by atoms with Crippen LogP contribution >= 0.6 is 7.92 Å². The quantitative estimate of drug-likeness (QED) is 0.0494. The van der Waals surface area contributed by atoms with Gasteiger partial charge in [-0.25, -0.2) is 4.79 Å². The van der Waals surface area contributed by atoms with Gasteiger partial charge >= 0.3 is 11.9 Å². The summed E-state index contributed by atoms with van der Waals surface area (Å²) in [5.41, 5.74) is 2.63. The number of rotatable bonds is 18. The average Bonchev–Trinajstić information content (AvgIpc) is 3.25. The van der Waals surface area contributed by atoms with Gasteiger partial charge in [0.05, 0.1) is 18.8 Å². The molecule has 0 aliphatic rings. The molecule has 6 rings (SSSR count). The molecule has 0 aromatic heterocycles. The molecule has 0 radical (unpaired) electrons. The molecule has 57 heavy (non-hydrogen) atoms. The van der Waals surface area contributed by atoms with Crippen LogP contribution in [0.3, 0.4) is 0 Å². The fourth-order valence-electron chi connectivity index (χ4n) is 7.88. The van der Waals surface area contributed by atoms with Crippen LogP contribution in [0.25, 0.3) is 0 Å². The van der Waals surface area contributed by atoms with Gasteiger partial charge in [-0.3, -0.25) is 4.79 Å². The number of ether oxygens (including phenoxy) is 3. The Morgan fingerprint density at radius 3 is 1.49 bits per heavy atom. The van der Waals surface area contributed by atoms with E-state index in [1.807, 2.05) is 116 Å². The van der Waals surface area contributed by atoms with Crippen molar-refractivity contribution in [3.8, 4) is 0 Å². The van der Waals surface area contributed by atoms with Crippen LogP contribution in [0.5, 0.6) is 0 Å². The van der Waals surface area contributed by atoms with Crippen LogP contribution in [-0.4, -0.2) is 31.3 Å². The van der Waals surface area contributed by atoms with Gasteiger partial charge in [0, 0.05) is 12.3 Å². The molecule has 0 aliphatic heterocycles. The molecule has 0 bridgehead atoms. The SMILES string of the molecule is CCOC(=O)C[C@H](C)C[C@@H](C)[C@H](OC(=O)c1ccccc1P(c1ccccc1)c1ccccc1)[C@H](C)COC(c1ccccc1)(c1ccccc1)c1ccccc1. The summed E-state index contributed by atoms with van der Waals surface area (Å²) in [5, 5.41) is 3.24. The molecule has 0 aliphatic carbocycles. The Morgan fingerprint density at radius 1 is 0.579 bits per heavy atom. The van der Waals surface area contributed by atoms with Gasteiger partial charge in [-0.05, 0) is 71.8 Å². The minimum Gasteiger partial charge on any atom is -0.466 e. The molecule has 0 N–H and O–H groups in total. The van der Waals surface area contributed by atoms with Crippen molar-refractivity contribution >= 4 is 35.8 Å². The van der Waals surface area contributed by atoms with Gasteiger partial charge in [0.1, 0.15) is 11.7 Å². The van der Waals surface area contributed by atoms with Crippen molar-refractivity contribution in [2.75, 3.05) is 13.2 Å². The minimum atomic E-state index is -1.06. The maximum atomic E-state index is 14.7. The van der Waals surface area contributed by atoms with Crippen molar-refractivity contribution in [2.45, 2.75) is 52.2 Å². The van der Waals surface area contributed by atoms with E-state index in [1.165, 1.54) is 0 Å². The summed E-state index contributed by atoms with van der Waals surface area (Å²) >= 11 is 0. The van der Waals surface area contributed by atoms with Crippen LogP contribution in [0.1, 0.15) is 67.6 Å². The molecule has 0 fully saturated rings. The normalized spacial score (nSPS) is 13.6. The van der Waals surface area contributed by atoms with Gasteiger partial charge in [0.25, 0.3) is 0 Å². The van der Waals surface area contributed by atoms with Crippen LogP contribution in [0.2, 0.25) is 0 Å². The molecule has 0 unspecified atom stereocenters. The average molecular weight is 777 g/mol. The lowest BCUT2D eigenvalue weighted by Crippen LogP contribution is -2.40. The van der Waals surface area contributed by atoms with Gasteiger partial charge in [-0.1, -0.05) is 191 Å². The van der Waals surface area contributed by atoms with Crippen LogP contribution in [-0.2, 0) is 24.6 Å². The first kappa shape index (κ1) is 41.3. The highest BCUT2D eigenvalue weighted by atomic mass is 31.1. The molecule has 0 heterocycles. The Kier molecular flexibility index (Phi) is 14.6. The smallest absolute Gasteiger partial charge is 0.339 e. The van der Waals surface area contributed by atoms with Crippen LogP contribution in [0, 0.1) is 17.8 Å². The third-order valence-corrected chi connectivity index (χ3v) is 13.0. The van der Waals surface area contributed by atoms with E-state index in [2.05, 4.69) is 87.5 Å². The monoisotopic (exact) mass is 776 g/mol. The van der Waals surface area contributed by atoms with E-state index >= 15 is 0 Å². The first-order chi connectivity index (χ1) is 27.8. The van der Waals surface area contributed by atoms with Crippen molar-refractivity contribution < 1.29 is 23.8 Å². The predicted molar refractivity (Wildman–Crippen MR) is 233 cm³/mol. The predicted octanol–water partition coefficient (Wildman–Crippen LogP) is 10.2. The van der Waals surface area contributed by atoms with E-state index in [9.17, 15) is 9.59 Å². The van der Waals surface area contributed by atoms with Crippen LogP contribution in [0.15, 0.2) is 176 Å². The standard InChI is InChI=1S/C51H53O5P/c1-5-54-48(52)36-38(2)35-39(3)49(56-50(53)46-33-21-22-34-47(46)57(44-29-17-9-18-30-44)45-31-19-10-20-32-45)40(4)37-55-51(41-23-11-6-12-24-41,42-25-13-7-14-26-42)43-27-15-8-16-28-43/h6-34,38-40,49H,5,35-37H2,1-4H3/t38-,39-,40-,49+/m1/s1. The van der Waals surface area contributed by atoms with Crippen LogP contribution < -0.4 is 15.9 Å². The van der Waals surface area contributed by atoms with Crippen molar-refractivity contribution in [1.82, 2.24) is 0 Å². The second-order valence-electron chi connectivity index (χ2n) is 14.8. The zero-order valence-corrected chi connectivity index (χ0v) is 34.3. The summed E-state index contributed by atoms with van der Waals surface area (Å²) < 4.78 is 19.3. The summed E-state index contributed by atoms with van der Waals surface area (Å²) in [6.45, 7) is 8.72. The second-order valence-corrected chi connectivity index (χ2v) is 17.0. The molecular weight excluding hydrogens is 724 g/mol. The molecule has 4 atom stereocenters. The van der Waals surface area contributed by atoms with E-state index in [1.54, 1.807) is 0 Å². The summed E-state index contributed by atoms with van der Waals surface area (Å²) in [7, 11) is -1.06.